The van der Waals surface area contributed by atoms with Gasteiger partial charge in [-0.1, -0.05) is 24.6 Å². The monoisotopic (exact) mass is 488 g/mol. The molecule has 35 heavy (non-hydrogen) atoms. The Morgan fingerprint density at radius 2 is 1.83 bits per heavy atom. The zero-order valence-electron chi connectivity index (χ0n) is 18.0. The van der Waals surface area contributed by atoms with Crippen molar-refractivity contribution >= 4 is 28.5 Å². The third-order valence-corrected chi connectivity index (χ3v) is 5.81. The number of aromatic amines is 1. The second-order valence-corrected chi connectivity index (χ2v) is 8.16. The number of rotatable bonds is 4. The van der Waals surface area contributed by atoms with E-state index >= 15 is 0 Å². The number of halogens is 5. The predicted molar refractivity (Wildman–Crippen MR) is 116 cm³/mol. The van der Waals surface area contributed by atoms with Gasteiger partial charge < -0.3 is 5.32 Å². The molecular weight excluding hydrogens is 471 g/mol. The number of anilines is 2. The van der Waals surface area contributed by atoms with Crippen molar-refractivity contribution in [2.24, 2.45) is 0 Å². The smallest absolute Gasteiger partial charge is 0.307 e. The first-order valence-electron chi connectivity index (χ1n) is 10.8. The van der Waals surface area contributed by atoms with Gasteiger partial charge in [-0.15, -0.1) is 0 Å². The molecule has 12 heteroatoms. The van der Waals surface area contributed by atoms with Gasteiger partial charge in [-0.2, -0.15) is 28.2 Å². The van der Waals surface area contributed by atoms with E-state index in [4.69, 9.17) is 0 Å². The molecule has 0 bridgehead atoms. The van der Waals surface area contributed by atoms with E-state index in [1.165, 1.54) is 18.2 Å². The molecule has 2 N–H and O–H groups in total. The molecule has 1 aliphatic carbocycles. The van der Waals surface area contributed by atoms with E-state index in [0.717, 1.165) is 18.6 Å². The first-order valence-corrected chi connectivity index (χ1v) is 10.8. The van der Waals surface area contributed by atoms with Crippen LogP contribution in [-0.4, -0.2) is 30.9 Å². The van der Waals surface area contributed by atoms with Crippen LogP contribution in [0.15, 0.2) is 36.4 Å². The molecule has 2 aromatic heterocycles. The maximum absolute atomic E-state index is 14.1. The molecular formula is C23H17F5N6O. The minimum atomic E-state index is -4.68. The number of ketones is 1. The quantitative estimate of drug-likeness (QED) is 0.359. The number of carbonyl (C=O) groups is 1. The second-order valence-electron chi connectivity index (χ2n) is 8.16. The Balaban J connectivity index is 1.65. The summed E-state index contributed by atoms with van der Waals surface area (Å²) in [5, 5.41) is 9.12. The van der Waals surface area contributed by atoms with Gasteiger partial charge in [0.25, 0.3) is 0 Å². The van der Waals surface area contributed by atoms with Gasteiger partial charge in [-0.25, -0.2) is 13.8 Å². The molecule has 0 amide bonds. The van der Waals surface area contributed by atoms with Gasteiger partial charge in [0.05, 0.1) is 16.9 Å². The predicted octanol–water partition coefficient (Wildman–Crippen LogP) is 5.68. The lowest BCUT2D eigenvalue weighted by molar-refractivity contribution is -0.137. The normalized spacial score (nSPS) is 16.6. The Morgan fingerprint density at radius 3 is 2.60 bits per heavy atom. The van der Waals surface area contributed by atoms with Gasteiger partial charge >= 0.3 is 6.18 Å². The highest BCUT2D eigenvalue weighted by molar-refractivity contribution is 5.91. The summed E-state index contributed by atoms with van der Waals surface area (Å²) in [4.78, 5) is 25.2. The van der Waals surface area contributed by atoms with E-state index in [0.29, 0.717) is 25.3 Å². The van der Waals surface area contributed by atoms with Crippen LogP contribution in [0.1, 0.15) is 43.0 Å². The van der Waals surface area contributed by atoms with Crippen LogP contribution in [0.3, 0.4) is 0 Å². The van der Waals surface area contributed by atoms with Crippen LogP contribution in [0.4, 0.5) is 33.7 Å². The Morgan fingerprint density at radius 1 is 1.03 bits per heavy atom. The van der Waals surface area contributed by atoms with Crippen LogP contribution < -0.4 is 5.32 Å². The summed E-state index contributed by atoms with van der Waals surface area (Å²) < 4.78 is 68.9. The van der Waals surface area contributed by atoms with E-state index in [-0.39, 0.29) is 45.7 Å². The SMILES string of the molecule is O=C1CCCCC1c1nc(Nc2n[nH]c3c(F)cc(F)cc23)nc(-c2ccccc2C(F)(F)F)n1. The molecule has 7 nitrogen and oxygen atoms in total. The lowest BCUT2D eigenvalue weighted by atomic mass is 9.87. The van der Waals surface area contributed by atoms with Gasteiger partial charge in [-0.05, 0) is 25.0 Å². The number of nitrogens with one attached hydrogen (secondary N) is 2. The minimum absolute atomic E-state index is 0.0244. The van der Waals surface area contributed by atoms with Crippen molar-refractivity contribution in [3.63, 3.8) is 0 Å². The number of fused-ring (bicyclic) bond motifs is 1. The standard InChI is InChI=1S/C23H17F5N6O/c24-11-9-14-18(16(25)10-11)33-34-21(14)32-22-30-19(12-5-1-3-7-15(12)23(26,27)28)29-20(31-22)13-6-2-4-8-17(13)35/h1,3,5,7,9-10,13H,2,4,6,8H2,(H2,29,30,31,32,33,34). The number of Topliss-reactive ketones (excluding diaryl/α,β-unsaturated/α-hetero) is 1. The van der Waals surface area contributed by atoms with Crippen molar-refractivity contribution in [1.82, 2.24) is 25.1 Å². The maximum atomic E-state index is 14.1. The largest absolute Gasteiger partial charge is 0.417 e. The average molecular weight is 488 g/mol. The van der Waals surface area contributed by atoms with Crippen LogP contribution in [0.5, 0.6) is 0 Å². The number of alkyl halides is 3. The Labute approximate surface area is 194 Å². The van der Waals surface area contributed by atoms with Crippen LogP contribution in [0, 0.1) is 11.6 Å². The number of hydrogen-bond acceptors (Lipinski definition) is 6. The van der Waals surface area contributed by atoms with Gasteiger partial charge in [0.2, 0.25) is 5.95 Å². The zero-order valence-corrected chi connectivity index (χ0v) is 18.0. The molecule has 1 aliphatic rings. The number of H-pyrrole nitrogens is 1. The summed E-state index contributed by atoms with van der Waals surface area (Å²) in [6, 6.07) is 6.52. The van der Waals surface area contributed by atoms with Gasteiger partial charge in [0.1, 0.15) is 22.9 Å². The fraction of sp³-hybridized carbons (Fsp3) is 0.261. The zero-order chi connectivity index (χ0) is 24.7. The van der Waals surface area contributed by atoms with Crippen molar-refractivity contribution in [1.29, 1.82) is 0 Å². The summed E-state index contributed by atoms with van der Waals surface area (Å²) in [6.07, 6.45) is -2.46. The van der Waals surface area contributed by atoms with E-state index < -0.39 is 29.3 Å². The fourth-order valence-electron chi connectivity index (χ4n) is 4.15. The molecule has 0 spiro atoms. The van der Waals surface area contributed by atoms with Crippen molar-refractivity contribution < 1.29 is 26.7 Å². The third kappa shape index (κ3) is 4.43. The summed E-state index contributed by atoms with van der Waals surface area (Å²) in [5.41, 5.74) is -1.32. The Hall–Kier alpha value is -3.96. The highest BCUT2D eigenvalue weighted by Gasteiger charge is 2.35. The van der Waals surface area contributed by atoms with Crippen LogP contribution in [0.25, 0.3) is 22.3 Å². The molecule has 1 unspecified atom stereocenters. The first kappa shape index (κ1) is 22.8. The van der Waals surface area contributed by atoms with Crippen LogP contribution >= 0.6 is 0 Å². The third-order valence-electron chi connectivity index (χ3n) is 5.81. The molecule has 2 aromatic carbocycles. The molecule has 1 fully saturated rings. The van der Waals surface area contributed by atoms with Crippen LogP contribution in [0.2, 0.25) is 0 Å². The highest BCUT2D eigenvalue weighted by atomic mass is 19.4. The number of nitrogens with zero attached hydrogens (tertiary/aromatic N) is 4. The van der Waals surface area contributed by atoms with Gasteiger partial charge in [-0.3, -0.25) is 9.89 Å². The summed E-state index contributed by atoms with van der Waals surface area (Å²) >= 11 is 0. The Kier molecular flexibility index (Phi) is 5.65. The summed E-state index contributed by atoms with van der Waals surface area (Å²) in [7, 11) is 0. The molecule has 5 rings (SSSR count). The molecule has 4 aromatic rings. The average Bonchev–Trinajstić information content (AvgIpc) is 3.21. The van der Waals surface area contributed by atoms with Crippen molar-refractivity contribution in [3.05, 3.63) is 59.4 Å². The second kappa shape index (κ2) is 8.67. The maximum Gasteiger partial charge on any atom is 0.417 e. The van der Waals surface area contributed by atoms with Crippen molar-refractivity contribution in [2.75, 3.05) is 5.32 Å². The molecule has 0 saturated heterocycles. The minimum Gasteiger partial charge on any atom is -0.307 e. The van der Waals surface area contributed by atoms with Crippen LogP contribution in [-0.2, 0) is 11.0 Å². The summed E-state index contributed by atoms with van der Waals surface area (Å²) in [5.74, 6) is -3.04. The number of benzene rings is 2. The highest BCUT2D eigenvalue weighted by Crippen LogP contribution is 2.37. The first-order chi connectivity index (χ1) is 16.7. The van der Waals surface area contributed by atoms with E-state index in [2.05, 4.69) is 30.5 Å². The Bertz CT molecular complexity index is 1430. The molecule has 180 valence electrons. The molecule has 0 aliphatic heterocycles. The number of carbonyl (C=O) groups excluding carboxylic acids is 1. The van der Waals surface area contributed by atoms with E-state index in [1.807, 2.05) is 0 Å². The number of hydrogen-bond donors (Lipinski definition) is 2. The lowest BCUT2D eigenvalue weighted by Crippen LogP contribution is -2.21. The molecule has 1 saturated carbocycles. The van der Waals surface area contributed by atoms with Crippen molar-refractivity contribution in [2.45, 2.75) is 37.8 Å². The molecule has 1 atom stereocenters. The number of aromatic nitrogens is 5. The molecule has 2 heterocycles. The summed E-state index contributed by atoms with van der Waals surface area (Å²) in [6.45, 7) is 0. The van der Waals surface area contributed by atoms with E-state index in [9.17, 15) is 26.7 Å². The molecule has 0 radical (unpaired) electrons. The topological polar surface area (TPSA) is 96.5 Å². The van der Waals surface area contributed by atoms with Crippen molar-refractivity contribution in [3.8, 4) is 11.4 Å². The van der Waals surface area contributed by atoms with Gasteiger partial charge in [0, 0.05) is 18.1 Å². The fourth-order valence-corrected chi connectivity index (χ4v) is 4.15. The van der Waals surface area contributed by atoms with E-state index in [1.54, 1.807) is 0 Å². The van der Waals surface area contributed by atoms with Gasteiger partial charge in [0.15, 0.2) is 17.5 Å². The lowest BCUT2D eigenvalue weighted by Gasteiger charge is -2.20.